The van der Waals surface area contributed by atoms with Crippen molar-refractivity contribution in [1.82, 2.24) is 5.32 Å². The highest BCUT2D eigenvalue weighted by atomic mass is 19.4. The Morgan fingerprint density at radius 2 is 1.80 bits per heavy atom. The molecule has 0 aliphatic rings. The molecule has 6 heteroatoms. The average molecular weight is 291 g/mol. The van der Waals surface area contributed by atoms with E-state index < -0.39 is 18.6 Å². The van der Waals surface area contributed by atoms with Gasteiger partial charge >= 0.3 is 6.18 Å². The van der Waals surface area contributed by atoms with Crippen molar-refractivity contribution in [1.29, 1.82) is 0 Å². The van der Waals surface area contributed by atoms with E-state index in [0.29, 0.717) is 18.7 Å². The number of benzene rings is 1. The molecule has 0 bridgehead atoms. The van der Waals surface area contributed by atoms with Crippen molar-refractivity contribution in [3.05, 3.63) is 35.9 Å². The van der Waals surface area contributed by atoms with Crippen LogP contribution in [0.3, 0.4) is 0 Å². The molecule has 3 nitrogen and oxygen atoms in total. The number of ether oxygens (including phenoxy) is 2. The second-order valence-corrected chi connectivity index (χ2v) is 4.50. The Balaban J connectivity index is 2.68. The molecule has 0 amide bonds. The first-order valence-corrected chi connectivity index (χ1v) is 6.33. The summed E-state index contributed by atoms with van der Waals surface area (Å²) in [6.45, 7) is 0.622. The second kappa shape index (κ2) is 8.24. The summed E-state index contributed by atoms with van der Waals surface area (Å²) < 4.78 is 48.0. The van der Waals surface area contributed by atoms with Crippen molar-refractivity contribution in [2.45, 2.75) is 24.7 Å². The van der Waals surface area contributed by atoms with Crippen molar-refractivity contribution < 1.29 is 22.6 Å². The molecule has 0 fully saturated rings. The van der Waals surface area contributed by atoms with Gasteiger partial charge in [-0.2, -0.15) is 13.2 Å². The van der Waals surface area contributed by atoms with Crippen LogP contribution in [0.5, 0.6) is 0 Å². The molecule has 2 unspecified atom stereocenters. The van der Waals surface area contributed by atoms with Gasteiger partial charge in [0.25, 0.3) is 0 Å². The van der Waals surface area contributed by atoms with E-state index in [0.717, 1.165) is 0 Å². The van der Waals surface area contributed by atoms with Gasteiger partial charge in [0.1, 0.15) is 0 Å². The van der Waals surface area contributed by atoms with Crippen LogP contribution in [0, 0.1) is 0 Å². The maximum Gasteiger partial charge on any atom is 0.390 e. The van der Waals surface area contributed by atoms with Gasteiger partial charge in [0.2, 0.25) is 0 Å². The predicted molar refractivity (Wildman–Crippen MR) is 70.5 cm³/mol. The molecule has 20 heavy (non-hydrogen) atoms. The van der Waals surface area contributed by atoms with E-state index in [1.165, 1.54) is 14.2 Å². The van der Waals surface area contributed by atoms with Crippen LogP contribution in [0.2, 0.25) is 0 Å². The number of halogens is 3. The molecule has 0 aliphatic carbocycles. The molecular weight excluding hydrogens is 271 g/mol. The summed E-state index contributed by atoms with van der Waals surface area (Å²) in [4.78, 5) is 0. The van der Waals surface area contributed by atoms with Crippen LogP contribution in [0.25, 0.3) is 0 Å². The quantitative estimate of drug-likeness (QED) is 0.799. The Bertz CT molecular complexity index is 370. The fraction of sp³-hybridized carbons (Fsp3) is 0.571. The Morgan fingerprint density at radius 1 is 1.15 bits per heavy atom. The van der Waals surface area contributed by atoms with Gasteiger partial charge in [-0.25, -0.2) is 0 Å². The van der Waals surface area contributed by atoms with Gasteiger partial charge in [0, 0.05) is 26.8 Å². The molecule has 1 rings (SSSR count). The summed E-state index contributed by atoms with van der Waals surface area (Å²) in [7, 11) is 3.03. The minimum absolute atomic E-state index is 0.278. The van der Waals surface area contributed by atoms with Gasteiger partial charge in [-0.15, -0.1) is 0 Å². The second-order valence-electron chi connectivity index (χ2n) is 4.50. The SMILES string of the molecule is COCC(CNC(CC(F)(F)F)c1ccccc1)OC. The van der Waals surface area contributed by atoms with Crippen LogP contribution >= 0.6 is 0 Å². The lowest BCUT2D eigenvalue weighted by Gasteiger charge is -2.23. The summed E-state index contributed by atoms with van der Waals surface area (Å²) in [5, 5.41) is 2.90. The molecule has 0 saturated heterocycles. The third-order valence-corrected chi connectivity index (χ3v) is 2.92. The Morgan fingerprint density at radius 3 is 2.30 bits per heavy atom. The molecule has 0 heterocycles. The topological polar surface area (TPSA) is 30.5 Å². The van der Waals surface area contributed by atoms with Gasteiger partial charge < -0.3 is 14.8 Å². The summed E-state index contributed by atoms with van der Waals surface area (Å²) in [6.07, 6.45) is -5.42. The molecule has 0 aromatic heterocycles. The summed E-state index contributed by atoms with van der Waals surface area (Å²) in [6, 6.07) is 7.80. The van der Waals surface area contributed by atoms with Crippen LogP contribution in [-0.2, 0) is 9.47 Å². The largest absolute Gasteiger partial charge is 0.390 e. The van der Waals surface area contributed by atoms with Gasteiger partial charge in [-0.05, 0) is 5.56 Å². The summed E-state index contributed by atoms with van der Waals surface area (Å²) in [5.41, 5.74) is 0.608. The predicted octanol–water partition coefficient (Wildman–Crippen LogP) is 2.93. The van der Waals surface area contributed by atoms with Gasteiger partial charge in [-0.3, -0.25) is 0 Å². The smallest absolute Gasteiger partial charge is 0.382 e. The first-order valence-electron chi connectivity index (χ1n) is 6.33. The first kappa shape index (κ1) is 16.9. The highest BCUT2D eigenvalue weighted by Gasteiger charge is 2.32. The molecule has 1 aromatic carbocycles. The van der Waals surface area contributed by atoms with E-state index in [2.05, 4.69) is 5.32 Å². The van der Waals surface area contributed by atoms with Crippen LogP contribution < -0.4 is 5.32 Å². The zero-order valence-electron chi connectivity index (χ0n) is 11.6. The van der Waals surface area contributed by atoms with Crippen LogP contribution in [0.4, 0.5) is 13.2 Å². The van der Waals surface area contributed by atoms with E-state index in [9.17, 15) is 13.2 Å². The monoisotopic (exact) mass is 291 g/mol. The minimum Gasteiger partial charge on any atom is -0.382 e. The third kappa shape index (κ3) is 6.36. The van der Waals surface area contributed by atoms with Crippen molar-refractivity contribution in [3.8, 4) is 0 Å². The van der Waals surface area contributed by atoms with E-state index >= 15 is 0 Å². The maximum atomic E-state index is 12.6. The van der Waals surface area contributed by atoms with E-state index in [-0.39, 0.29) is 6.10 Å². The molecule has 0 spiro atoms. The number of hydrogen-bond acceptors (Lipinski definition) is 3. The van der Waals surface area contributed by atoms with Crippen molar-refractivity contribution in [2.75, 3.05) is 27.4 Å². The zero-order valence-corrected chi connectivity index (χ0v) is 11.6. The number of hydrogen-bond donors (Lipinski definition) is 1. The molecule has 1 aromatic rings. The first-order chi connectivity index (χ1) is 9.46. The third-order valence-electron chi connectivity index (χ3n) is 2.92. The summed E-state index contributed by atoms with van der Waals surface area (Å²) >= 11 is 0. The lowest BCUT2D eigenvalue weighted by molar-refractivity contribution is -0.140. The Kier molecular flexibility index (Phi) is 6.98. The van der Waals surface area contributed by atoms with Gasteiger partial charge in [0.15, 0.2) is 0 Å². The van der Waals surface area contributed by atoms with Gasteiger partial charge in [-0.1, -0.05) is 30.3 Å². The van der Waals surface area contributed by atoms with Crippen molar-refractivity contribution >= 4 is 0 Å². The zero-order chi connectivity index (χ0) is 15.0. The minimum atomic E-state index is -4.22. The number of methoxy groups -OCH3 is 2. The van der Waals surface area contributed by atoms with Crippen molar-refractivity contribution in [2.24, 2.45) is 0 Å². The van der Waals surface area contributed by atoms with Crippen LogP contribution in [0.15, 0.2) is 30.3 Å². The molecule has 2 atom stereocenters. The lowest BCUT2D eigenvalue weighted by Crippen LogP contribution is -2.36. The molecule has 114 valence electrons. The number of rotatable bonds is 8. The highest BCUT2D eigenvalue weighted by molar-refractivity contribution is 5.19. The number of alkyl halides is 3. The Hall–Kier alpha value is -1.11. The molecule has 0 radical (unpaired) electrons. The molecule has 1 N–H and O–H groups in total. The normalized spacial score (nSPS) is 15.1. The number of nitrogens with one attached hydrogen (secondary N) is 1. The fourth-order valence-corrected chi connectivity index (χ4v) is 1.89. The highest BCUT2D eigenvalue weighted by Crippen LogP contribution is 2.29. The summed E-state index contributed by atoms with van der Waals surface area (Å²) in [5.74, 6) is 0. The van der Waals surface area contributed by atoms with Gasteiger partial charge in [0.05, 0.1) is 19.1 Å². The van der Waals surface area contributed by atoms with Crippen molar-refractivity contribution in [3.63, 3.8) is 0 Å². The lowest BCUT2D eigenvalue weighted by atomic mass is 10.0. The molecule has 0 aliphatic heterocycles. The molecular formula is C14H20F3NO2. The standard InChI is InChI=1S/C14H20F3NO2/c1-19-10-12(20-2)9-18-13(8-14(15,16)17)11-6-4-3-5-7-11/h3-7,12-13,18H,8-10H2,1-2H3. The van der Waals surface area contributed by atoms with E-state index in [1.54, 1.807) is 30.3 Å². The maximum absolute atomic E-state index is 12.6. The van der Waals surface area contributed by atoms with Crippen LogP contribution in [0.1, 0.15) is 18.0 Å². The van der Waals surface area contributed by atoms with E-state index in [1.807, 2.05) is 0 Å². The van der Waals surface area contributed by atoms with E-state index in [4.69, 9.17) is 9.47 Å². The average Bonchev–Trinajstić information content (AvgIpc) is 2.41. The fourth-order valence-electron chi connectivity index (χ4n) is 1.89. The van der Waals surface area contributed by atoms with Crippen LogP contribution in [-0.4, -0.2) is 39.7 Å². The Labute approximate surface area is 117 Å². The molecule has 0 saturated carbocycles.